The zero-order valence-corrected chi connectivity index (χ0v) is 14.9. The highest BCUT2D eigenvalue weighted by Crippen LogP contribution is 2.22. The van der Waals surface area contributed by atoms with Gasteiger partial charge >= 0.3 is 5.97 Å². The van der Waals surface area contributed by atoms with E-state index in [0.717, 1.165) is 25.7 Å². The van der Waals surface area contributed by atoms with E-state index in [0.29, 0.717) is 12.1 Å². The first-order chi connectivity index (χ1) is 11.8. The first-order valence-corrected chi connectivity index (χ1v) is 8.61. The fourth-order valence-corrected chi connectivity index (χ4v) is 3.21. The summed E-state index contributed by atoms with van der Waals surface area (Å²) >= 11 is 0. The molecule has 0 radical (unpaired) electrons. The van der Waals surface area contributed by atoms with Gasteiger partial charge in [0.15, 0.2) is 6.10 Å². The minimum atomic E-state index is -0.879. The Morgan fingerprint density at radius 2 is 2.12 bits per heavy atom. The number of aryl methyl sites for hydroxylation is 1. The minimum Gasteiger partial charge on any atom is -0.449 e. The Bertz CT molecular complexity index is 673. The van der Waals surface area contributed by atoms with Crippen molar-refractivity contribution in [3.63, 3.8) is 0 Å². The molecule has 1 aliphatic heterocycles. The summed E-state index contributed by atoms with van der Waals surface area (Å²) in [5.41, 5.74) is 0.522. The van der Waals surface area contributed by atoms with E-state index in [1.807, 2.05) is 11.8 Å². The molecule has 7 heteroatoms. The second-order valence-corrected chi connectivity index (χ2v) is 6.40. The first kappa shape index (κ1) is 18.9. The third kappa shape index (κ3) is 4.35. The molecule has 1 aromatic rings. The topological polar surface area (TPSA) is 89.8 Å². The molecule has 7 nitrogen and oxygen atoms in total. The summed E-state index contributed by atoms with van der Waals surface area (Å²) in [5, 5.41) is 10.8. The molecule has 0 unspecified atom stereocenters. The summed E-state index contributed by atoms with van der Waals surface area (Å²) in [7, 11) is 0. The highest BCUT2D eigenvalue weighted by molar-refractivity contribution is 5.92. The Hall–Kier alpha value is -2.44. The molecule has 1 heterocycles. The van der Waals surface area contributed by atoms with E-state index in [-0.39, 0.29) is 23.2 Å². The van der Waals surface area contributed by atoms with Crippen LogP contribution in [0.4, 0.5) is 5.69 Å². The maximum Gasteiger partial charge on any atom is 0.338 e. The predicted molar refractivity (Wildman–Crippen MR) is 92.4 cm³/mol. The Morgan fingerprint density at radius 1 is 1.40 bits per heavy atom. The lowest BCUT2D eigenvalue weighted by Crippen LogP contribution is -2.48. The van der Waals surface area contributed by atoms with Crippen molar-refractivity contribution in [3.05, 3.63) is 39.4 Å². The molecule has 1 fully saturated rings. The van der Waals surface area contributed by atoms with Gasteiger partial charge in [0.2, 0.25) is 0 Å². The van der Waals surface area contributed by atoms with Crippen molar-refractivity contribution in [1.29, 1.82) is 0 Å². The van der Waals surface area contributed by atoms with Gasteiger partial charge in [-0.1, -0.05) is 6.92 Å². The number of carbonyl (C=O) groups excluding carboxylic acids is 2. The average molecular weight is 348 g/mol. The van der Waals surface area contributed by atoms with Gasteiger partial charge in [-0.3, -0.25) is 14.9 Å². The fraction of sp³-hybridized carbons (Fsp3) is 0.556. The number of hydrogen-bond donors (Lipinski definition) is 0. The molecule has 1 saturated heterocycles. The zero-order chi connectivity index (χ0) is 18.6. The highest BCUT2D eigenvalue weighted by Gasteiger charge is 2.30. The van der Waals surface area contributed by atoms with Crippen LogP contribution in [-0.4, -0.2) is 40.4 Å². The van der Waals surface area contributed by atoms with Gasteiger partial charge in [0.1, 0.15) is 0 Å². The molecule has 0 N–H and O–H groups in total. The van der Waals surface area contributed by atoms with Gasteiger partial charge in [0.25, 0.3) is 11.6 Å². The van der Waals surface area contributed by atoms with Crippen LogP contribution < -0.4 is 0 Å². The molecule has 25 heavy (non-hydrogen) atoms. The van der Waals surface area contributed by atoms with Gasteiger partial charge in [-0.05, 0) is 51.7 Å². The number of nitro groups is 1. The van der Waals surface area contributed by atoms with Crippen LogP contribution in [0.3, 0.4) is 0 Å². The van der Waals surface area contributed by atoms with Crippen LogP contribution >= 0.6 is 0 Å². The van der Waals surface area contributed by atoms with Crippen LogP contribution in [0.15, 0.2) is 18.2 Å². The molecule has 0 saturated carbocycles. The van der Waals surface area contributed by atoms with Crippen LogP contribution in [-0.2, 0) is 9.53 Å². The molecular formula is C18H24N2O5. The smallest absolute Gasteiger partial charge is 0.338 e. The van der Waals surface area contributed by atoms with E-state index < -0.39 is 17.0 Å². The van der Waals surface area contributed by atoms with Crippen molar-refractivity contribution in [3.8, 4) is 0 Å². The molecule has 0 aliphatic carbocycles. The van der Waals surface area contributed by atoms with E-state index in [1.165, 1.54) is 18.2 Å². The molecule has 2 rings (SSSR count). The lowest BCUT2D eigenvalue weighted by molar-refractivity contribution is -0.385. The second kappa shape index (κ2) is 8.09. The zero-order valence-electron chi connectivity index (χ0n) is 14.9. The van der Waals surface area contributed by atoms with Crippen molar-refractivity contribution in [1.82, 2.24) is 4.90 Å². The highest BCUT2D eigenvalue weighted by atomic mass is 16.6. The largest absolute Gasteiger partial charge is 0.449 e. The van der Waals surface area contributed by atoms with Gasteiger partial charge in [0.05, 0.1) is 10.5 Å². The van der Waals surface area contributed by atoms with E-state index in [2.05, 4.69) is 0 Å². The first-order valence-electron chi connectivity index (χ1n) is 8.61. The third-order valence-corrected chi connectivity index (χ3v) is 4.64. The Labute approximate surface area is 147 Å². The minimum absolute atomic E-state index is 0.0558. The number of piperidine rings is 1. The number of rotatable bonds is 5. The number of ether oxygens (including phenoxy) is 1. The maximum atomic E-state index is 12.6. The van der Waals surface area contributed by atoms with Gasteiger partial charge < -0.3 is 9.64 Å². The number of nitrogens with zero attached hydrogens (tertiary/aromatic N) is 2. The normalized spacial score (nSPS) is 18.5. The summed E-state index contributed by atoms with van der Waals surface area (Å²) in [6, 6.07) is 4.23. The number of esters is 1. The number of likely N-dealkylation sites (tertiary alicyclic amines) is 1. The van der Waals surface area contributed by atoms with Crippen LogP contribution in [0.5, 0.6) is 0 Å². The summed E-state index contributed by atoms with van der Waals surface area (Å²) in [4.78, 5) is 37.0. The monoisotopic (exact) mass is 348 g/mol. The summed E-state index contributed by atoms with van der Waals surface area (Å²) in [6.07, 6.45) is 3.05. The van der Waals surface area contributed by atoms with Crippen LogP contribution in [0.2, 0.25) is 0 Å². The van der Waals surface area contributed by atoms with Gasteiger partial charge in [-0.25, -0.2) is 4.79 Å². The molecule has 136 valence electrons. The van der Waals surface area contributed by atoms with E-state index in [4.69, 9.17) is 4.74 Å². The van der Waals surface area contributed by atoms with Crippen molar-refractivity contribution in [2.24, 2.45) is 0 Å². The number of benzene rings is 1. The van der Waals surface area contributed by atoms with Crippen molar-refractivity contribution in [2.45, 2.75) is 58.6 Å². The van der Waals surface area contributed by atoms with Crippen molar-refractivity contribution < 1.29 is 19.2 Å². The number of amides is 1. The van der Waals surface area contributed by atoms with E-state index in [1.54, 1.807) is 13.8 Å². The van der Waals surface area contributed by atoms with Gasteiger partial charge in [-0.2, -0.15) is 0 Å². The quantitative estimate of drug-likeness (QED) is 0.463. The Kier molecular flexibility index (Phi) is 6.12. The Balaban J connectivity index is 2.05. The van der Waals surface area contributed by atoms with Crippen LogP contribution in [0, 0.1) is 17.0 Å². The third-order valence-electron chi connectivity index (χ3n) is 4.64. The molecule has 1 aliphatic rings. The SMILES string of the molecule is CC[C@H]1CCCCN1C(=O)[C@H](C)OC(=O)c1ccc([N+](=O)[O-])c(C)c1. The molecule has 0 aromatic heterocycles. The summed E-state index contributed by atoms with van der Waals surface area (Å²) in [6.45, 7) is 5.87. The van der Waals surface area contributed by atoms with Crippen molar-refractivity contribution in [2.75, 3.05) is 6.54 Å². The molecule has 1 aromatic carbocycles. The van der Waals surface area contributed by atoms with E-state index in [9.17, 15) is 19.7 Å². The molecule has 1 amide bonds. The second-order valence-electron chi connectivity index (χ2n) is 6.40. The molecule has 2 atom stereocenters. The summed E-state index contributed by atoms with van der Waals surface area (Å²) in [5.74, 6) is -0.831. The lowest BCUT2D eigenvalue weighted by Gasteiger charge is -2.36. The van der Waals surface area contributed by atoms with Crippen molar-refractivity contribution >= 4 is 17.6 Å². The average Bonchev–Trinajstić information content (AvgIpc) is 2.60. The number of nitro benzene ring substituents is 1. The molecular weight excluding hydrogens is 324 g/mol. The number of hydrogen-bond acceptors (Lipinski definition) is 5. The predicted octanol–water partition coefficient (Wildman–Crippen LogP) is 3.24. The number of carbonyl (C=O) groups is 2. The maximum absolute atomic E-state index is 12.6. The van der Waals surface area contributed by atoms with Crippen LogP contribution in [0.1, 0.15) is 55.5 Å². The Morgan fingerprint density at radius 3 is 2.72 bits per heavy atom. The summed E-state index contributed by atoms with van der Waals surface area (Å²) < 4.78 is 5.30. The lowest BCUT2D eigenvalue weighted by atomic mass is 9.99. The standard InChI is InChI=1S/C18H24N2O5/c1-4-15-7-5-6-10-19(15)17(21)13(3)25-18(22)14-8-9-16(20(23)24)12(2)11-14/h8-9,11,13,15H,4-7,10H2,1-3H3/t13-,15-/m0/s1. The molecule has 0 spiro atoms. The van der Waals surface area contributed by atoms with Crippen LogP contribution in [0.25, 0.3) is 0 Å². The van der Waals surface area contributed by atoms with Gasteiger partial charge in [0, 0.05) is 24.2 Å². The van der Waals surface area contributed by atoms with Gasteiger partial charge in [-0.15, -0.1) is 0 Å². The van der Waals surface area contributed by atoms with E-state index >= 15 is 0 Å². The fourth-order valence-electron chi connectivity index (χ4n) is 3.21. The molecule has 0 bridgehead atoms.